The lowest BCUT2D eigenvalue weighted by molar-refractivity contribution is -0.118. The molecule has 1 aliphatic carbocycles. The van der Waals surface area contributed by atoms with Crippen molar-refractivity contribution in [3.05, 3.63) is 58.4 Å². The zero-order chi connectivity index (χ0) is 20.5. The molecule has 1 saturated heterocycles. The molecular formula is C22H23ClFN3O2. The third-order valence-electron chi connectivity index (χ3n) is 5.65. The molecule has 0 spiro atoms. The minimum atomic E-state index is -0.422. The number of fused-ring (bicyclic) bond motifs is 1. The summed E-state index contributed by atoms with van der Waals surface area (Å²) in [4.78, 5) is 28.3. The summed E-state index contributed by atoms with van der Waals surface area (Å²) in [6.07, 6.45) is 0.937. The summed E-state index contributed by atoms with van der Waals surface area (Å²) in [5, 5.41) is 3.06. The number of nitrogens with zero attached hydrogens (tertiary/aromatic N) is 2. The largest absolute Gasteiger partial charge is 0.369 e. The van der Waals surface area contributed by atoms with Gasteiger partial charge < -0.3 is 10.2 Å². The lowest BCUT2D eigenvalue weighted by Gasteiger charge is -2.40. The second kappa shape index (κ2) is 8.13. The first-order valence-electron chi connectivity index (χ1n) is 9.76. The minimum absolute atomic E-state index is 0.0767. The standard InChI is InChI=1S/C22H23ClFN3O2/c1-14-12-27(18-4-5-20(23)21(24)11-18)7-6-26(14)13-22(29)25-17-3-2-15-9-19(28)10-16(15)8-17/h2-5,8,11,14H,6-7,9-10,12-13H2,1H3,(H,25,29)/t14-/m1/s1. The van der Waals surface area contributed by atoms with Gasteiger partial charge in [0.05, 0.1) is 11.6 Å². The molecule has 0 unspecified atom stereocenters. The van der Waals surface area contributed by atoms with Crippen molar-refractivity contribution in [2.45, 2.75) is 25.8 Å². The van der Waals surface area contributed by atoms with Crippen molar-refractivity contribution < 1.29 is 14.0 Å². The van der Waals surface area contributed by atoms with Crippen molar-refractivity contribution in [2.24, 2.45) is 0 Å². The Labute approximate surface area is 174 Å². The molecule has 0 saturated carbocycles. The van der Waals surface area contributed by atoms with Crippen LogP contribution in [0.4, 0.5) is 15.8 Å². The number of carbonyl (C=O) groups excluding carboxylic acids is 2. The molecule has 5 nitrogen and oxygen atoms in total. The van der Waals surface area contributed by atoms with Gasteiger partial charge in [-0.25, -0.2) is 4.39 Å². The van der Waals surface area contributed by atoms with Gasteiger partial charge in [0.15, 0.2) is 0 Å². The van der Waals surface area contributed by atoms with E-state index in [1.807, 2.05) is 24.3 Å². The predicted octanol–water partition coefficient (Wildman–Crippen LogP) is 3.30. The fraction of sp³-hybridized carbons (Fsp3) is 0.364. The number of hydrogen-bond acceptors (Lipinski definition) is 4. The maximum atomic E-state index is 13.8. The average Bonchev–Trinajstić information content (AvgIpc) is 3.05. The van der Waals surface area contributed by atoms with E-state index in [1.54, 1.807) is 6.07 Å². The van der Waals surface area contributed by atoms with Crippen LogP contribution in [0.3, 0.4) is 0 Å². The summed E-state index contributed by atoms with van der Waals surface area (Å²) in [6.45, 7) is 4.47. The molecule has 1 N–H and O–H groups in total. The van der Waals surface area contributed by atoms with E-state index in [9.17, 15) is 14.0 Å². The first kappa shape index (κ1) is 19.9. The second-order valence-electron chi connectivity index (χ2n) is 7.79. The second-order valence-corrected chi connectivity index (χ2v) is 8.20. The Morgan fingerprint density at radius 3 is 2.72 bits per heavy atom. The van der Waals surface area contributed by atoms with Crippen molar-refractivity contribution in [3.8, 4) is 0 Å². The number of piperazine rings is 1. The quantitative estimate of drug-likeness (QED) is 0.832. The van der Waals surface area contributed by atoms with Crippen LogP contribution in [0.15, 0.2) is 36.4 Å². The molecule has 0 radical (unpaired) electrons. The SMILES string of the molecule is C[C@@H]1CN(c2ccc(Cl)c(F)c2)CCN1CC(=O)Nc1ccc2c(c1)CC(=O)C2. The smallest absolute Gasteiger partial charge is 0.238 e. The van der Waals surface area contributed by atoms with E-state index in [0.29, 0.717) is 39.0 Å². The molecule has 152 valence electrons. The lowest BCUT2D eigenvalue weighted by atomic mass is 10.1. The molecule has 4 rings (SSSR count). The van der Waals surface area contributed by atoms with E-state index >= 15 is 0 Å². The molecule has 0 aromatic heterocycles. The van der Waals surface area contributed by atoms with E-state index in [4.69, 9.17) is 11.6 Å². The maximum Gasteiger partial charge on any atom is 0.238 e. The number of nitrogens with one attached hydrogen (secondary N) is 1. The van der Waals surface area contributed by atoms with E-state index in [0.717, 1.165) is 22.5 Å². The Morgan fingerprint density at radius 2 is 1.97 bits per heavy atom. The number of carbonyl (C=O) groups is 2. The number of benzene rings is 2. The molecule has 2 aromatic carbocycles. The number of Topliss-reactive ketones (excluding diaryl/α,β-unsaturated/α-hetero) is 1. The fourth-order valence-corrected chi connectivity index (χ4v) is 4.18. The van der Waals surface area contributed by atoms with E-state index in [2.05, 4.69) is 22.0 Å². The van der Waals surface area contributed by atoms with Crippen LogP contribution in [0.2, 0.25) is 5.02 Å². The molecule has 29 heavy (non-hydrogen) atoms. The third-order valence-corrected chi connectivity index (χ3v) is 5.95. The van der Waals surface area contributed by atoms with Crippen molar-refractivity contribution in [2.75, 3.05) is 36.4 Å². The van der Waals surface area contributed by atoms with Gasteiger partial charge in [0.25, 0.3) is 0 Å². The van der Waals surface area contributed by atoms with Gasteiger partial charge >= 0.3 is 0 Å². The van der Waals surface area contributed by atoms with Crippen LogP contribution in [0.25, 0.3) is 0 Å². The van der Waals surface area contributed by atoms with Gasteiger partial charge in [-0.1, -0.05) is 17.7 Å². The molecule has 1 heterocycles. The van der Waals surface area contributed by atoms with Crippen LogP contribution >= 0.6 is 11.6 Å². The Kier molecular flexibility index (Phi) is 5.56. The molecule has 2 aliphatic rings. The van der Waals surface area contributed by atoms with Gasteiger partial charge in [0, 0.05) is 49.9 Å². The Balaban J connectivity index is 1.33. The first-order valence-corrected chi connectivity index (χ1v) is 10.1. The molecule has 1 amide bonds. The summed E-state index contributed by atoms with van der Waals surface area (Å²) in [7, 11) is 0. The van der Waals surface area contributed by atoms with Crippen LogP contribution in [0, 0.1) is 5.82 Å². The van der Waals surface area contributed by atoms with Gasteiger partial charge in [-0.05, 0) is 48.4 Å². The zero-order valence-corrected chi connectivity index (χ0v) is 17.0. The summed E-state index contributed by atoms with van der Waals surface area (Å²) in [5.41, 5.74) is 3.59. The lowest BCUT2D eigenvalue weighted by Crippen LogP contribution is -2.53. The van der Waals surface area contributed by atoms with Gasteiger partial charge in [0.1, 0.15) is 11.6 Å². The molecule has 7 heteroatoms. The average molecular weight is 416 g/mol. The molecule has 1 aliphatic heterocycles. The summed E-state index contributed by atoms with van der Waals surface area (Å²) >= 11 is 5.77. The van der Waals surface area contributed by atoms with Crippen molar-refractivity contribution in [3.63, 3.8) is 0 Å². The molecular weight excluding hydrogens is 393 g/mol. The zero-order valence-electron chi connectivity index (χ0n) is 16.3. The highest BCUT2D eigenvalue weighted by atomic mass is 35.5. The van der Waals surface area contributed by atoms with Crippen LogP contribution in [0.5, 0.6) is 0 Å². The van der Waals surface area contributed by atoms with E-state index < -0.39 is 5.82 Å². The highest BCUT2D eigenvalue weighted by Crippen LogP contribution is 2.25. The van der Waals surface area contributed by atoms with E-state index in [1.165, 1.54) is 6.07 Å². The van der Waals surface area contributed by atoms with Gasteiger partial charge in [-0.15, -0.1) is 0 Å². The fourth-order valence-electron chi connectivity index (χ4n) is 4.06. The molecule has 1 atom stereocenters. The summed E-state index contributed by atoms with van der Waals surface area (Å²) < 4.78 is 13.8. The summed E-state index contributed by atoms with van der Waals surface area (Å²) in [5.74, 6) is -0.280. The first-order chi connectivity index (χ1) is 13.9. The van der Waals surface area contributed by atoms with Crippen LogP contribution < -0.4 is 10.2 Å². The Hall–Kier alpha value is -2.44. The molecule has 0 bridgehead atoms. The molecule has 1 fully saturated rings. The number of anilines is 2. The highest BCUT2D eigenvalue weighted by molar-refractivity contribution is 6.30. The van der Waals surface area contributed by atoms with Crippen molar-refractivity contribution in [1.29, 1.82) is 0 Å². The van der Waals surface area contributed by atoms with Gasteiger partial charge in [0.2, 0.25) is 5.91 Å². The van der Waals surface area contributed by atoms with Crippen LogP contribution in [0.1, 0.15) is 18.1 Å². The summed E-state index contributed by atoms with van der Waals surface area (Å²) in [6, 6.07) is 10.7. The number of halogens is 2. The monoisotopic (exact) mass is 415 g/mol. The highest BCUT2D eigenvalue weighted by Gasteiger charge is 2.26. The Bertz CT molecular complexity index is 965. The number of amides is 1. The maximum absolute atomic E-state index is 13.8. The number of rotatable bonds is 4. The number of hydrogen-bond donors (Lipinski definition) is 1. The van der Waals surface area contributed by atoms with Crippen molar-refractivity contribution in [1.82, 2.24) is 4.90 Å². The predicted molar refractivity (Wildman–Crippen MR) is 112 cm³/mol. The normalized spacial score (nSPS) is 19.3. The Morgan fingerprint density at radius 1 is 1.17 bits per heavy atom. The van der Waals surface area contributed by atoms with Crippen molar-refractivity contribution >= 4 is 34.7 Å². The van der Waals surface area contributed by atoms with E-state index in [-0.39, 0.29) is 22.8 Å². The third kappa shape index (κ3) is 4.43. The number of ketones is 1. The van der Waals surface area contributed by atoms with Gasteiger partial charge in [-0.3, -0.25) is 14.5 Å². The van der Waals surface area contributed by atoms with Crippen LogP contribution in [-0.2, 0) is 22.4 Å². The molecule has 2 aromatic rings. The van der Waals surface area contributed by atoms with Gasteiger partial charge in [-0.2, -0.15) is 0 Å². The minimum Gasteiger partial charge on any atom is -0.369 e. The topological polar surface area (TPSA) is 52.6 Å². The van der Waals surface area contributed by atoms with Crippen LogP contribution in [-0.4, -0.2) is 48.8 Å².